The maximum Gasteiger partial charge on any atom is 0.219 e. The highest BCUT2D eigenvalue weighted by molar-refractivity contribution is 5.80. The Morgan fingerprint density at radius 1 is 0.917 bits per heavy atom. The number of aldehydes is 1. The summed E-state index contributed by atoms with van der Waals surface area (Å²) in [5.74, 6) is 1.35. The van der Waals surface area contributed by atoms with Gasteiger partial charge in [0.25, 0.3) is 0 Å². The van der Waals surface area contributed by atoms with Crippen molar-refractivity contribution in [3.63, 3.8) is 0 Å². The second kappa shape index (κ2) is 6.67. The standard InChI is InChI=1S/C21H19NO2/c1-14-10-19(24-20-9-4-6-16(3)22-20)11-15(2)21(14)18-8-5-7-17(12-18)13-23/h4-13H,1-3H3. The Kier molecular flexibility index (Phi) is 4.43. The van der Waals surface area contributed by atoms with Crippen LogP contribution >= 0.6 is 0 Å². The highest BCUT2D eigenvalue weighted by Gasteiger charge is 2.10. The molecule has 0 radical (unpaired) electrons. The summed E-state index contributed by atoms with van der Waals surface area (Å²) in [5, 5.41) is 0. The molecule has 1 heterocycles. The van der Waals surface area contributed by atoms with Crippen LogP contribution in [-0.4, -0.2) is 11.3 Å². The molecule has 3 aromatic rings. The summed E-state index contributed by atoms with van der Waals surface area (Å²) in [6.07, 6.45) is 0.870. The van der Waals surface area contributed by atoms with E-state index in [1.54, 1.807) is 0 Å². The van der Waals surface area contributed by atoms with Gasteiger partial charge in [0.15, 0.2) is 0 Å². The number of aryl methyl sites for hydroxylation is 3. The SMILES string of the molecule is Cc1cccc(Oc2cc(C)c(-c3cccc(C=O)c3)c(C)c2)n1. The minimum atomic E-state index is 0.588. The van der Waals surface area contributed by atoms with E-state index in [4.69, 9.17) is 4.74 Å². The Bertz CT molecular complexity index is 877. The summed E-state index contributed by atoms with van der Waals surface area (Å²) in [6.45, 7) is 6.03. The van der Waals surface area contributed by atoms with Crippen molar-refractivity contribution in [2.45, 2.75) is 20.8 Å². The summed E-state index contributed by atoms with van der Waals surface area (Å²) in [7, 11) is 0. The summed E-state index contributed by atoms with van der Waals surface area (Å²) in [5.41, 5.74) is 5.96. The maximum atomic E-state index is 11.0. The number of hydrogen-bond acceptors (Lipinski definition) is 3. The largest absolute Gasteiger partial charge is 0.439 e. The number of ether oxygens (including phenoxy) is 1. The van der Waals surface area contributed by atoms with E-state index < -0.39 is 0 Å². The van der Waals surface area contributed by atoms with Gasteiger partial charge in [-0.15, -0.1) is 0 Å². The van der Waals surface area contributed by atoms with Gasteiger partial charge in [-0.1, -0.05) is 24.3 Å². The van der Waals surface area contributed by atoms with Crippen molar-refractivity contribution in [1.82, 2.24) is 4.98 Å². The molecule has 3 heteroatoms. The van der Waals surface area contributed by atoms with Gasteiger partial charge in [0, 0.05) is 17.3 Å². The van der Waals surface area contributed by atoms with Gasteiger partial charge in [-0.05, 0) is 67.3 Å². The van der Waals surface area contributed by atoms with Crippen LogP contribution in [0.25, 0.3) is 11.1 Å². The summed E-state index contributed by atoms with van der Waals surface area (Å²) < 4.78 is 5.89. The quantitative estimate of drug-likeness (QED) is 0.615. The number of rotatable bonds is 4. The van der Waals surface area contributed by atoms with Crippen LogP contribution in [0, 0.1) is 20.8 Å². The molecule has 2 aromatic carbocycles. The minimum Gasteiger partial charge on any atom is -0.439 e. The normalized spacial score (nSPS) is 10.5. The number of nitrogens with zero attached hydrogens (tertiary/aromatic N) is 1. The lowest BCUT2D eigenvalue weighted by molar-refractivity contribution is 0.112. The zero-order valence-corrected chi connectivity index (χ0v) is 14.0. The lowest BCUT2D eigenvalue weighted by Gasteiger charge is -2.14. The highest BCUT2D eigenvalue weighted by atomic mass is 16.5. The Morgan fingerprint density at radius 3 is 2.29 bits per heavy atom. The molecule has 0 bridgehead atoms. The predicted octanol–water partition coefficient (Wildman–Crippen LogP) is 5.28. The van der Waals surface area contributed by atoms with Crippen molar-refractivity contribution in [2.75, 3.05) is 0 Å². The molecule has 0 saturated heterocycles. The van der Waals surface area contributed by atoms with E-state index in [-0.39, 0.29) is 0 Å². The Balaban J connectivity index is 1.98. The average Bonchev–Trinajstić information content (AvgIpc) is 2.54. The second-order valence-corrected chi connectivity index (χ2v) is 5.89. The van der Waals surface area contributed by atoms with Crippen molar-refractivity contribution in [3.8, 4) is 22.8 Å². The van der Waals surface area contributed by atoms with Crippen LogP contribution in [0.1, 0.15) is 27.2 Å². The number of pyridine rings is 1. The predicted molar refractivity (Wildman–Crippen MR) is 95.8 cm³/mol. The fraction of sp³-hybridized carbons (Fsp3) is 0.143. The molecule has 0 aliphatic heterocycles. The Hall–Kier alpha value is -2.94. The fourth-order valence-corrected chi connectivity index (χ4v) is 2.90. The molecule has 3 nitrogen and oxygen atoms in total. The van der Waals surface area contributed by atoms with Gasteiger partial charge in [0.05, 0.1) is 0 Å². The van der Waals surface area contributed by atoms with Crippen LogP contribution in [0.15, 0.2) is 54.6 Å². The molecule has 0 aliphatic carbocycles. The zero-order chi connectivity index (χ0) is 17.1. The van der Waals surface area contributed by atoms with E-state index in [1.165, 1.54) is 0 Å². The number of carbonyl (C=O) groups is 1. The molecule has 0 unspecified atom stereocenters. The van der Waals surface area contributed by atoms with Crippen molar-refractivity contribution in [3.05, 3.63) is 77.0 Å². The number of benzene rings is 2. The van der Waals surface area contributed by atoms with Crippen LogP contribution < -0.4 is 4.74 Å². The highest BCUT2D eigenvalue weighted by Crippen LogP contribution is 2.32. The van der Waals surface area contributed by atoms with Crippen LogP contribution in [-0.2, 0) is 0 Å². The molecule has 0 amide bonds. The number of carbonyl (C=O) groups excluding carboxylic acids is 1. The molecule has 0 atom stereocenters. The summed E-state index contributed by atoms with van der Waals surface area (Å²) in [6, 6.07) is 17.3. The molecule has 0 aliphatic rings. The first kappa shape index (κ1) is 15.9. The Morgan fingerprint density at radius 2 is 1.62 bits per heavy atom. The van der Waals surface area contributed by atoms with Gasteiger partial charge in [-0.25, -0.2) is 4.98 Å². The molecule has 0 spiro atoms. The molecule has 0 saturated carbocycles. The van der Waals surface area contributed by atoms with Gasteiger partial charge in [-0.2, -0.15) is 0 Å². The van der Waals surface area contributed by atoms with E-state index in [0.29, 0.717) is 11.4 Å². The van der Waals surface area contributed by atoms with Gasteiger partial charge in [-0.3, -0.25) is 4.79 Å². The lowest BCUT2D eigenvalue weighted by Crippen LogP contribution is -1.94. The van der Waals surface area contributed by atoms with Gasteiger partial charge >= 0.3 is 0 Å². The van der Waals surface area contributed by atoms with Gasteiger partial charge in [0.1, 0.15) is 12.0 Å². The first-order valence-corrected chi connectivity index (χ1v) is 7.85. The molecular formula is C21H19NO2. The summed E-state index contributed by atoms with van der Waals surface area (Å²) >= 11 is 0. The molecular weight excluding hydrogens is 298 g/mol. The van der Waals surface area contributed by atoms with Crippen LogP contribution in [0.5, 0.6) is 11.6 Å². The van der Waals surface area contributed by atoms with Crippen LogP contribution in [0.2, 0.25) is 0 Å². The summed E-state index contributed by atoms with van der Waals surface area (Å²) in [4.78, 5) is 15.4. The van der Waals surface area contributed by atoms with E-state index in [2.05, 4.69) is 4.98 Å². The maximum absolute atomic E-state index is 11.0. The van der Waals surface area contributed by atoms with E-state index in [1.807, 2.05) is 75.4 Å². The third kappa shape index (κ3) is 3.35. The Labute approximate surface area is 142 Å². The third-order valence-electron chi connectivity index (χ3n) is 3.90. The third-order valence-corrected chi connectivity index (χ3v) is 3.90. The molecule has 120 valence electrons. The van der Waals surface area contributed by atoms with Gasteiger partial charge in [0.2, 0.25) is 5.88 Å². The van der Waals surface area contributed by atoms with E-state index in [9.17, 15) is 4.79 Å². The zero-order valence-electron chi connectivity index (χ0n) is 14.0. The lowest BCUT2D eigenvalue weighted by atomic mass is 9.94. The molecule has 0 fully saturated rings. The van der Waals surface area contributed by atoms with E-state index >= 15 is 0 Å². The molecule has 1 aromatic heterocycles. The number of hydrogen-bond donors (Lipinski definition) is 0. The molecule has 24 heavy (non-hydrogen) atoms. The topological polar surface area (TPSA) is 39.2 Å². The van der Waals surface area contributed by atoms with E-state index in [0.717, 1.165) is 40.0 Å². The first-order chi connectivity index (χ1) is 11.6. The minimum absolute atomic E-state index is 0.588. The smallest absolute Gasteiger partial charge is 0.219 e. The monoisotopic (exact) mass is 317 g/mol. The fourth-order valence-electron chi connectivity index (χ4n) is 2.90. The second-order valence-electron chi connectivity index (χ2n) is 5.89. The first-order valence-electron chi connectivity index (χ1n) is 7.85. The van der Waals surface area contributed by atoms with Crippen LogP contribution in [0.4, 0.5) is 0 Å². The average molecular weight is 317 g/mol. The van der Waals surface area contributed by atoms with Crippen LogP contribution in [0.3, 0.4) is 0 Å². The van der Waals surface area contributed by atoms with Crippen molar-refractivity contribution >= 4 is 6.29 Å². The number of aromatic nitrogens is 1. The van der Waals surface area contributed by atoms with Crippen molar-refractivity contribution in [2.24, 2.45) is 0 Å². The molecule has 0 N–H and O–H groups in total. The van der Waals surface area contributed by atoms with Crippen molar-refractivity contribution in [1.29, 1.82) is 0 Å². The molecule has 3 rings (SSSR count). The van der Waals surface area contributed by atoms with Crippen molar-refractivity contribution < 1.29 is 9.53 Å². The van der Waals surface area contributed by atoms with Gasteiger partial charge < -0.3 is 4.74 Å².